The molecule has 0 saturated heterocycles. The molecule has 0 radical (unpaired) electrons. The monoisotopic (exact) mass is 235 g/mol. The molecule has 5 heteroatoms. The molecule has 0 atom stereocenters. The Morgan fingerprint density at radius 3 is 2.94 bits per heavy atom. The lowest BCUT2D eigenvalue weighted by atomic mass is 10.1. The van der Waals surface area contributed by atoms with Gasteiger partial charge in [-0.05, 0) is 11.6 Å². The van der Waals surface area contributed by atoms with Gasteiger partial charge in [-0.3, -0.25) is 0 Å². The van der Waals surface area contributed by atoms with E-state index < -0.39 is 11.7 Å². The SMILES string of the molecule is N=C(Cc1c[nH]c2c(Cl)cccc12)C(=O)[O-]. The minimum Gasteiger partial charge on any atom is -0.543 e. The minimum absolute atomic E-state index is 0.0304. The van der Waals surface area contributed by atoms with E-state index >= 15 is 0 Å². The molecule has 0 spiro atoms. The van der Waals surface area contributed by atoms with Crippen LogP contribution in [0.25, 0.3) is 10.9 Å². The Morgan fingerprint density at radius 1 is 1.50 bits per heavy atom. The lowest BCUT2D eigenvalue weighted by Gasteiger charge is -2.03. The zero-order chi connectivity index (χ0) is 11.7. The molecule has 16 heavy (non-hydrogen) atoms. The van der Waals surface area contributed by atoms with Crippen molar-refractivity contribution >= 4 is 34.2 Å². The zero-order valence-electron chi connectivity index (χ0n) is 8.21. The van der Waals surface area contributed by atoms with Gasteiger partial charge in [-0.25, -0.2) is 0 Å². The van der Waals surface area contributed by atoms with Crippen LogP contribution < -0.4 is 5.11 Å². The lowest BCUT2D eigenvalue weighted by Crippen LogP contribution is -2.32. The number of halogens is 1. The van der Waals surface area contributed by atoms with Crippen molar-refractivity contribution in [1.82, 2.24) is 4.98 Å². The number of hydrogen-bond acceptors (Lipinski definition) is 3. The number of rotatable bonds is 3. The maximum absolute atomic E-state index is 10.5. The maximum atomic E-state index is 10.5. The van der Waals surface area contributed by atoms with Crippen LogP contribution in [0.2, 0.25) is 5.02 Å². The standard InChI is InChI=1S/C11H9ClN2O2/c12-8-3-1-2-7-6(5-14-10(7)8)4-9(13)11(15)16/h1-3,5,13-14H,4H2,(H,15,16)/p-1. The van der Waals surface area contributed by atoms with Gasteiger partial charge in [0.2, 0.25) is 0 Å². The molecule has 1 aromatic carbocycles. The highest BCUT2D eigenvalue weighted by Crippen LogP contribution is 2.25. The summed E-state index contributed by atoms with van der Waals surface area (Å²) in [5, 5.41) is 19.1. The molecule has 0 aliphatic heterocycles. The van der Waals surface area contributed by atoms with Gasteiger partial charge in [0.1, 0.15) is 0 Å². The summed E-state index contributed by atoms with van der Waals surface area (Å²) in [5.74, 6) is -1.45. The van der Waals surface area contributed by atoms with Gasteiger partial charge < -0.3 is 20.3 Å². The summed E-state index contributed by atoms with van der Waals surface area (Å²) in [7, 11) is 0. The Morgan fingerprint density at radius 2 is 2.25 bits per heavy atom. The van der Waals surface area contributed by atoms with Gasteiger partial charge in [-0.2, -0.15) is 0 Å². The number of carbonyl (C=O) groups is 1. The van der Waals surface area contributed by atoms with Crippen LogP contribution in [0.4, 0.5) is 0 Å². The molecule has 2 rings (SSSR count). The number of para-hydroxylation sites is 1. The predicted octanol–water partition coefficient (Wildman–Crippen LogP) is 1.13. The Balaban J connectivity index is 2.43. The van der Waals surface area contributed by atoms with Crippen molar-refractivity contribution < 1.29 is 9.90 Å². The number of nitrogens with one attached hydrogen (secondary N) is 2. The third kappa shape index (κ3) is 1.79. The second kappa shape index (κ2) is 3.98. The molecular weight excluding hydrogens is 228 g/mol. The molecule has 0 bridgehead atoms. The van der Waals surface area contributed by atoms with Crippen molar-refractivity contribution in [3.05, 3.63) is 35.0 Å². The fourth-order valence-corrected chi connectivity index (χ4v) is 1.81. The number of carboxylic acid groups (broad SMARTS) is 1. The van der Waals surface area contributed by atoms with Gasteiger partial charge in [0.15, 0.2) is 0 Å². The van der Waals surface area contributed by atoms with Crippen LogP contribution in [0.1, 0.15) is 5.56 Å². The Kier molecular flexibility index (Phi) is 2.66. The normalized spacial score (nSPS) is 10.6. The first-order chi connectivity index (χ1) is 7.59. The quantitative estimate of drug-likeness (QED) is 0.783. The largest absolute Gasteiger partial charge is 0.543 e. The van der Waals surface area contributed by atoms with E-state index in [0.29, 0.717) is 5.02 Å². The van der Waals surface area contributed by atoms with Crippen molar-refractivity contribution in [2.45, 2.75) is 6.42 Å². The Bertz CT molecular complexity index is 574. The Labute approximate surface area is 96.4 Å². The third-order valence-corrected chi connectivity index (χ3v) is 2.68. The topological polar surface area (TPSA) is 79.8 Å². The average Bonchev–Trinajstić information content (AvgIpc) is 2.63. The van der Waals surface area contributed by atoms with Gasteiger partial charge in [-0.15, -0.1) is 0 Å². The summed E-state index contributed by atoms with van der Waals surface area (Å²) >= 11 is 5.96. The van der Waals surface area contributed by atoms with Gasteiger partial charge >= 0.3 is 0 Å². The zero-order valence-corrected chi connectivity index (χ0v) is 8.97. The van der Waals surface area contributed by atoms with E-state index in [0.717, 1.165) is 16.5 Å². The predicted molar refractivity (Wildman–Crippen MR) is 59.7 cm³/mol. The molecule has 0 aliphatic carbocycles. The number of carbonyl (C=O) groups excluding carboxylic acids is 1. The van der Waals surface area contributed by atoms with E-state index in [1.165, 1.54) is 0 Å². The van der Waals surface area contributed by atoms with Crippen molar-refractivity contribution in [1.29, 1.82) is 5.41 Å². The van der Waals surface area contributed by atoms with E-state index in [-0.39, 0.29) is 6.42 Å². The van der Waals surface area contributed by atoms with Crippen LogP contribution in [0.3, 0.4) is 0 Å². The first-order valence-electron chi connectivity index (χ1n) is 4.63. The molecule has 0 unspecified atom stereocenters. The highest BCUT2D eigenvalue weighted by Gasteiger charge is 2.08. The van der Waals surface area contributed by atoms with Crippen LogP contribution in [-0.4, -0.2) is 16.7 Å². The van der Waals surface area contributed by atoms with E-state index in [1.54, 1.807) is 18.3 Å². The number of H-pyrrole nitrogens is 1. The summed E-state index contributed by atoms with van der Waals surface area (Å²) < 4.78 is 0. The van der Waals surface area contributed by atoms with Gasteiger partial charge in [0, 0.05) is 18.0 Å². The maximum Gasteiger partial charge on any atom is 0.0854 e. The first-order valence-corrected chi connectivity index (χ1v) is 5.00. The highest BCUT2D eigenvalue weighted by molar-refractivity contribution is 6.36. The van der Waals surface area contributed by atoms with Crippen molar-refractivity contribution in [3.63, 3.8) is 0 Å². The molecule has 1 heterocycles. The van der Waals surface area contributed by atoms with E-state index in [2.05, 4.69) is 4.98 Å². The summed E-state index contributed by atoms with van der Waals surface area (Å²) in [5.41, 5.74) is 1.04. The van der Waals surface area contributed by atoms with Crippen molar-refractivity contribution in [2.24, 2.45) is 0 Å². The van der Waals surface area contributed by atoms with Crippen molar-refractivity contribution in [3.8, 4) is 0 Å². The van der Waals surface area contributed by atoms with Gasteiger partial charge in [0.25, 0.3) is 0 Å². The average molecular weight is 236 g/mol. The second-order valence-corrected chi connectivity index (χ2v) is 3.83. The lowest BCUT2D eigenvalue weighted by molar-refractivity contribution is -0.294. The Hall–Kier alpha value is -1.81. The number of carboxylic acids is 1. The fraction of sp³-hybridized carbons (Fsp3) is 0.0909. The number of hydrogen-bond donors (Lipinski definition) is 2. The molecule has 2 N–H and O–H groups in total. The van der Waals surface area contributed by atoms with Gasteiger partial charge in [0.05, 0.1) is 22.2 Å². The first kappa shape index (κ1) is 10.7. The number of aliphatic carboxylic acids is 1. The van der Waals surface area contributed by atoms with Crippen molar-refractivity contribution in [2.75, 3.05) is 0 Å². The fourth-order valence-electron chi connectivity index (χ4n) is 1.58. The minimum atomic E-state index is -1.45. The molecule has 82 valence electrons. The molecule has 4 nitrogen and oxygen atoms in total. The highest BCUT2D eigenvalue weighted by atomic mass is 35.5. The van der Waals surface area contributed by atoms with E-state index in [4.69, 9.17) is 17.0 Å². The van der Waals surface area contributed by atoms with Gasteiger partial charge in [-0.1, -0.05) is 23.7 Å². The van der Waals surface area contributed by atoms with Crippen LogP contribution in [0.15, 0.2) is 24.4 Å². The summed E-state index contributed by atoms with van der Waals surface area (Å²) in [6, 6.07) is 5.36. The molecule has 0 fully saturated rings. The van der Waals surface area contributed by atoms with Crippen LogP contribution in [-0.2, 0) is 11.2 Å². The molecule has 0 saturated carbocycles. The second-order valence-electron chi connectivity index (χ2n) is 3.42. The van der Waals surface area contributed by atoms with E-state index in [9.17, 15) is 9.90 Å². The third-order valence-electron chi connectivity index (χ3n) is 2.36. The number of benzene rings is 1. The number of aromatic amines is 1. The number of aromatic nitrogens is 1. The molecule has 1 aromatic heterocycles. The molecular formula is C11H8ClN2O2-. The van der Waals surface area contributed by atoms with Crippen LogP contribution in [0.5, 0.6) is 0 Å². The summed E-state index contributed by atoms with van der Waals surface area (Å²) in [6.07, 6.45) is 1.69. The molecule has 2 aromatic rings. The van der Waals surface area contributed by atoms with E-state index in [1.807, 2.05) is 6.07 Å². The smallest absolute Gasteiger partial charge is 0.0854 e. The molecule has 0 aliphatic rings. The summed E-state index contributed by atoms with van der Waals surface area (Å²) in [6.45, 7) is 0. The van der Waals surface area contributed by atoms with Crippen LogP contribution >= 0.6 is 11.6 Å². The summed E-state index contributed by atoms with van der Waals surface area (Å²) in [4.78, 5) is 13.4. The van der Waals surface area contributed by atoms with Crippen LogP contribution in [0, 0.1) is 5.41 Å². The number of fused-ring (bicyclic) bond motifs is 1. The molecule has 0 amide bonds.